The molecule has 0 N–H and O–H groups in total. The molecule has 0 spiro atoms. The van der Waals surface area contributed by atoms with Crippen LogP contribution in [0.2, 0.25) is 5.02 Å². The number of esters is 1. The third-order valence-electron chi connectivity index (χ3n) is 3.85. The maximum absolute atomic E-state index is 12.8. The van der Waals surface area contributed by atoms with E-state index >= 15 is 0 Å². The van der Waals surface area contributed by atoms with Crippen LogP contribution in [0.25, 0.3) is 20.2 Å². The quantitative estimate of drug-likeness (QED) is 0.275. The van der Waals surface area contributed by atoms with E-state index < -0.39 is 5.97 Å². The zero-order valence-corrected chi connectivity index (χ0v) is 14.4. The molecular weight excluding hydrogens is 356 g/mol. The van der Waals surface area contributed by atoms with Crippen LogP contribution >= 0.6 is 22.9 Å². The first kappa shape index (κ1) is 15.8. The second kappa shape index (κ2) is 6.31. The minimum Gasteiger partial charge on any atom is -0.421 e. The molecule has 0 fully saturated rings. The lowest BCUT2D eigenvalue weighted by molar-refractivity contribution is 0.0737. The summed E-state index contributed by atoms with van der Waals surface area (Å²) in [6, 6.07) is 19.2. The van der Waals surface area contributed by atoms with Gasteiger partial charge in [-0.3, -0.25) is 4.79 Å². The van der Waals surface area contributed by atoms with Crippen molar-refractivity contribution in [1.29, 1.82) is 0 Å². The lowest BCUT2D eigenvalue weighted by atomic mass is 10.1. The highest BCUT2D eigenvalue weighted by molar-refractivity contribution is 7.25. The highest BCUT2D eigenvalue weighted by Gasteiger charge is 2.16. The Morgan fingerprint density at radius 3 is 2.44 bits per heavy atom. The summed E-state index contributed by atoms with van der Waals surface area (Å²) in [6.45, 7) is 0. The van der Waals surface area contributed by atoms with Gasteiger partial charge in [-0.05, 0) is 36.4 Å². The predicted octanol–water partition coefficient (Wildman–Crippen LogP) is 5.29. The Morgan fingerprint density at radius 2 is 1.64 bits per heavy atom. The van der Waals surface area contributed by atoms with Gasteiger partial charge in [-0.2, -0.15) is 0 Å². The number of ether oxygens (including phenoxy) is 1. The Morgan fingerprint density at radius 1 is 0.920 bits per heavy atom. The van der Waals surface area contributed by atoms with Gasteiger partial charge >= 0.3 is 5.97 Å². The van der Waals surface area contributed by atoms with Crippen LogP contribution in [0.1, 0.15) is 10.4 Å². The Kier molecular flexibility index (Phi) is 3.99. The number of hydrogen-bond donors (Lipinski definition) is 0. The number of carbonyl (C=O) groups is 1. The number of carbonyl (C=O) groups excluding carboxylic acids is 1. The van der Waals surface area contributed by atoms with E-state index in [1.165, 1.54) is 11.3 Å². The van der Waals surface area contributed by atoms with Gasteiger partial charge in [0.25, 0.3) is 0 Å². The van der Waals surface area contributed by atoms with Gasteiger partial charge in [0.05, 0.1) is 20.7 Å². The van der Waals surface area contributed by atoms with Gasteiger partial charge in [0.15, 0.2) is 5.43 Å². The van der Waals surface area contributed by atoms with Gasteiger partial charge in [-0.1, -0.05) is 41.9 Å². The fourth-order valence-electron chi connectivity index (χ4n) is 2.65. The molecule has 4 aromatic rings. The molecule has 0 aliphatic carbocycles. The summed E-state index contributed by atoms with van der Waals surface area (Å²) in [4.78, 5) is 25.2. The van der Waals surface area contributed by atoms with Crippen LogP contribution in [-0.4, -0.2) is 5.97 Å². The van der Waals surface area contributed by atoms with E-state index in [2.05, 4.69) is 0 Å². The smallest absolute Gasteiger partial charge is 0.343 e. The van der Waals surface area contributed by atoms with E-state index in [4.69, 9.17) is 16.3 Å². The molecule has 0 amide bonds. The molecular formula is C20H11ClO3S. The number of hydrogen-bond acceptors (Lipinski definition) is 4. The van der Waals surface area contributed by atoms with Crippen molar-refractivity contribution in [2.45, 2.75) is 0 Å². The highest BCUT2D eigenvalue weighted by Crippen LogP contribution is 2.36. The van der Waals surface area contributed by atoms with E-state index in [9.17, 15) is 9.59 Å². The zero-order chi connectivity index (χ0) is 17.4. The SMILES string of the molecule is O=C(Oc1ccc(Cl)c2c(=O)c3ccccc3sc12)c1ccccc1. The van der Waals surface area contributed by atoms with Crippen molar-refractivity contribution in [2.75, 3.05) is 0 Å². The second-order valence-corrected chi connectivity index (χ2v) is 6.89. The van der Waals surface area contributed by atoms with Crippen LogP contribution in [0.15, 0.2) is 71.5 Å². The van der Waals surface area contributed by atoms with Crippen molar-refractivity contribution < 1.29 is 9.53 Å². The predicted molar refractivity (Wildman–Crippen MR) is 102 cm³/mol. The fraction of sp³-hybridized carbons (Fsp3) is 0. The van der Waals surface area contributed by atoms with Crippen molar-refractivity contribution >= 4 is 49.1 Å². The number of fused-ring (bicyclic) bond motifs is 2. The van der Waals surface area contributed by atoms with Crippen LogP contribution in [0, 0.1) is 0 Å². The summed E-state index contributed by atoms with van der Waals surface area (Å²) < 4.78 is 6.94. The van der Waals surface area contributed by atoms with Gasteiger partial charge in [0, 0.05) is 10.1 Å². The first-order valence-electron chi connectivity index (χ1n) is 7.56. The van der Waals surface area contributed by atoms with E-state index in [0.717, 1.165) is 4.70 Å². The molecule has 1 heterocycles. The Labute approximate surface area is 152 Å². The van der Waals surface area contributed by atoms with Crippen LogP contribution in [0.5, 0.6) is 5.75 Å². The summed E-state index contributed by atoms with van der Waals surface area (Å²) in [5.74, 6) is -0.141. The minimum absolute atomic E-state index is 0.160. The summed E-state index contributed by atoms with van der Waals surface area (Å²) in [7, 11) is 0. The Bertz CT molecular complexity index is 1170. The minimum atomic E-state index is -0.475. The van der Waals surface area contributed by atoms with Crippen LogP contribution in [0.4, 0.5) is 0 Å². The second-order valence-electron chi connectivity index (χ2n) is 5.43. The summed E-state index contributed by atoms with van der Waals surface area (Å²) in [5, 5.41) is 1.33. The lowest BCUT2D eigenvalue weighted by Gasteiger charge is -2.09. The van der Waals surface area contributed by atoms with Crippen molar-refractivity contribution in [3.63, 3.8) is 0 Å². The zero-order valence-electron chi connectivity index (χ0n) is 12.9. The fourth-order valence-corrected chi connectivity index (χ4v) is 4.11. The van der Waals surface area contributed by atoms with Crippen LogP contribution in [0.3, 0.4) is 0 Å². The summed E-state index contributed by atoms with van der Waals surface area (Å²) in [6.07, 6.45) is 0. The molecule has 5 heteroatoms. The molecule has 0 saturated heterocycles. The van der Waals surface area contributed by atoms with Gasteiger partial charge in [0.2, 0.25) is 0 Å². The lowest BCUT2D eigenvalue weighted by Crippen LogP contribution is -2.09. The molecule has 0 aliphatic rings. The normalized spacial score (nSPS) is 10.9. The largest absolute Gasteiger partial charge is 0.421 e. The highest BCUT2D eigenvalue weighted by atomic mass is 35.5. The molecule has 0 aliphatic heterocycles. The van der Waals surface area contributed by atoms with E-state index in [0.29, 0.717) is 31.8 Å². The Balaban J connectivity index is 1.92. The van der Waals surface area contributed by atoms with Crippen molar-refractivity contribution in [3.05, 3.63) is 87.5 Å². The van der Waals surface area contributed by atoms with Gasteiger partial charge in [-0.15, -0.1) is 11.3 Å². The molecule has 0 radical (unpaired) electrons. The van der Waals surface area contributed by atoms with E-state index in [1.54, 1.807) is 42.5 Å². The molecule has 0 saturated carbocycles. The third kappa shape index (κ3) is 2.80. The third-order valence-corrected chi connectivity index (χ3v) is 5.35. The van der Waals surface area contributed by atoms with Crippen molar-refractivity contribution in [3.8, 4) is 5.75 Å². The van der Waals surface area contributed by atoms with Crippen LogP contribution < -0.4 is 10.2 Å². The monoisotopic (exact) mass is 366 g/mol. The molecule has 0 bridgehead atoms. The molecule has 1 aromatic heterocycles. The Hall–Kier alpha value is -2.69. The van der Waals surface area contributed by atoms with Crippen LogP contribution in [-0.2, 0) is 0 Å². The van der Waals surface area contributed by atoms with E-state index in [1.807, 2.05) is 24.3 Å². The molecule has 25 heavy (non-hydrogen) atoms. The first-order chi connectivity index (χ1) is 12.1. The average molecular weight is 367 g/mol. The number of benzene rings is 3. The van der Waals surface area contributed by atoms with Gasteiger partial charge in [-0.25, -0.2) is 4.79 Å². The maximum Gasteiger partial charge on any atom is 0.343 e. The maximum atomic E-state index is 12.8. The molecule has 122 valence electrons. The molecule has 0 unspecified atom stereocenters. The first-order valence-corrected chi connectivity index (χ1v) is 8.76. The van der Waals surface area contributed by atoms with Crippen molar-refractivity contribution in [2.24, 2.45) is 0 Å². The summed E-state index contributed by atoms with van der Waals surface area (Å²) >= 11 is 7.64. The molecule has 0 atom stereocenters. The number of rotatable bonds is 2. The molecule has 4 rings (SSSR count). The molecule has 3 aromatic carbocycles. The molecule has 3 nitrogen and oxygen atoms in total. The standard InChI is InChI=1S/C20H11ClO3S/c21-14-10-11-15(24-20(23)12-6-2-1-3-7-12)19-17(14)18(22)13-8-4-5-9-16(13)25-19/h1-11H. The number of halogens is 1. The topological polar surface area (TPSA) is 43.4 Å². The van der Waals surface area contributed by atoms with E-state index in [-0.39, 0.29) is 5.43 Å². The summed E-state index contributed by atoms with van der Waals surface area (Å²) in [5.41, 5.74) is 0.283. The van der Waals surface area contributed by atoms with Crippen molar-refractivity contribution in [1.82, 2.24) is 0 Å². The van der Waals surface area contributed by atoms with Gasteiger partial charge < -0.3 is 4.74 Å². The average Bonchev–Trinajstić information content (AvgIpc) is 2.65. The van der Waals surface area contributed by atoms with Gasteiger partial charge in [0.1, 0.15) is 5.75 Å².